The van der Waals surface area contributed by atoms with Crippen molar-refractivity contribution in [3.63, 3.8) is 0 Å². The first-order valence-electron chi connectivity index (χ1n) is 7.28. The van der Waals surface area contributed by atoms with E-state index in [1.807, 2.05) is 52.0 Å². The van der Waals surface area contributed by atoms with Gasteiger partial charge in [-0.05, 0) is 37.5 Å². The summed E-state index contributed by atoms with van der Waals surface area (Å²) in [6.07, 6.45) is 0.892. The van der Waals surface area contributed by atoms with Crippen molar-refractivity contribution in [2.24, 2.45) is 11.7 Å². The summed E-state index contributed by atoms with van der Waals surface area (Å²) >= 11 is 0. The molecule has 112 valence electrons. The van der Waals surface area contributed by atoms with E-state index in [2.05, 4.69) is 5.32 Å². The summed E-state index contributed by atoms with van der Waals surface area (Å²) in [4.78, 5) is 12.1. The summed E-state index contributed by atoms with van der Waals surface area (Å²) < 4.78 is 5.47. The lowest BCUT2D eigenvalue weighted by molar-refractivity contribution is -0.124. The van der Waals surface area contributed by atoms with Gasteiger partial charge in [0, 0.05) is 0 Å². The van der Waals surface area contributed by atoms with E-state index in [4.69, 9.17) is 10.5 Å². The molecular formula is C16H26N2O2. The Kier molecular flexibility index (Phi) is 6.52. The van der Waals surface area contributed by atoms with Crippen LogP contribution < -0.4 is 15.8 Å². The summed E-state index contributed by atoms with van der Waals surface area (Å²) in [7, 11) is 0. The van der Waals surface area contributed by atoms with E-state index in [0.29, 0.717) is 6.61 Å². The topological polar surface area (TPSA) is 64.3 Å². The van der Waals surface area contributed by atoms with Crippen LogP contribution in [0.3, 0.4) is 0 Å². The SMILES string of the molecule is CCOc1cccc([C@@H](C)NC(=O)[C@@H](N)[C@@H](C)CC)c1. The molecule has 0 aliphatic carbocycles. The lowest BCUT2D eigenvalue weighted by Crippen LogP contribution is -2.45. The Hall–Kier alpha value is -1.55. The molecule has 0 heterocycles. The number of carbonyl (C=O) groups is 1. The number of ether oxygens (including phenoxy) is 1. The molecule has 1 aromatic carbocycles. The number of benzene rings is 1. The van der Waals surface area contributed by atoms with Gasteiger partial charge in [-0.2, -0.15) is 0 Å². The molecule has 0 fully saturated rings. The van der Waals surface area contributed by atoms with Crippen LogP contribution in [0.4, 0.5) is 0 Å². The minimum absolute atomic E-state index is 0.0852. The van der Waals surface area contributed by atoms with Crippen molar-refractivity contribution in [2.45, 2.75) is 46.2 Å². The zero-order valence-electron chi connectivity index (χ0n) is 12.8. The second-order valence-electron chi connectivity index (χ2n) is 5.15. The third-order valence-electron chi connectivity index (χ3n) is 3.59. The molecule has 0 saturated heterocycles. The summed E-state index contributed by atoms with van der Waals surface area (Å²) in [5, 5.41) is 2.96. The Balaban J connectivity index is 2.68. The molecular weight excluding hydrogens is 252 g/mol. The smallest absolute Gasteiger partial charge is 0.237 e. The maximum absolute atomic E-state index is 12.1. The summed E-state index contributed by atoms with van der Waals surface area (Å²) in [5.41, 5.74) is 6.95. The van der Waals surface area contributed by atoms with Crippen molar-refractivity contribution in [2.75, 3.05) is 6.61 Å². The minimum atomic E-state index is -0.461. The van der Waals surface area contributed by atoms with Gasteiger partial charge < -0.3 is 15.8 Å². The minimum Gasteiger partial charge on any atom is -0.494 e. The Morgan fingerprint density at radius 1 is 1.35 bits per heavy atom. The van der Waals surface area contributed by atoms with Crippen molar-refractivity contribution < 1.29 is 9.53 Å². The molecule has 3 atom stereocenters. The van der Waals surface area contributed by atoms with E-state index in [-0.39, 0.29) is 17.9 Å². The number of nitrogens with two attached hydrogens (primary N) is 1. The Labute approximate surface area is 121 Å². The molecule has 0 radical (unpaired) electrons. The maximum Gasteiger partial charge on any atom is 0.237 e. The highest BCUT2D eigenvalue weighted by molar-refractivity contribution is 5.82. The van der Waals surface area contributed by atoms with Crippen LogP contribution in [0.25, 0.3) is 0 Å². The van der Waals surface area contributed by atoms with Gasteiger partial charge in [0.15, 0.2) is 0 Å². The quantitative estimate of drug-likeness (QED) is 0.806. The van der Waals surface area contributed by atoms with Gasteiger partial charge in [0.25, 0.3) is 0 Å². The first-order valence-corrected chi connectivity index (χ1v) is 7.28. The average Bonchev–Trinajstić information content (AvgIpc) is 2.46. The van der Waals surface area contributed by atoms with Crippen molar-refractivity contribution in [3.05, 3.63) is 29.8 Å². The van der Waals surface area contributed by atoms with Crippen LogP contribution in [-0.4, -0.2) is 18.6 Å². The molecule has 1 rings (SSSR count). The van der Waals surface area contributed by atoms with Gasteiger partial charge in [-0.25, -0.2) is 0 Å². The normalized spacial score (nSPS) is 15.2. The van der Waals surface area contributed by atoms with Gasteiger partial charge in [-0.3, -0.25) is 4.79 Å². The molecule has 4 heteroatoms. The van der Waals surface area contributed by atoms with Gasteiger partial charge in [-0.15, -0.1) is 0 Å². The molecule has 20 heavy (non-hydrogen) atoms. The van der Waals surface area contributed by atoms with Gasteiger partial charge in [0.05, 0.1) is 18.7 Å². The molecule has 0 aromatic heterocycles. The van der Waals surface area contributed by atoms with Crippen LogP contribution in [0.5, 0.6) is 5.75 Å². The van der Waals surface area contributed by atoms with Crippen LogP contribution in [-0.2, 0) is 4.79 Å². The summed E-state index contributed by atoms with van der Waals surface area (Å²) in [6, 6.07) is 7.21. The van der Waals surface area contributed by atoms with E-state index < -0.39 is 6.04 Å². The van der Waals surface area contributed by atoms with Crippen LogP contribution in [0, 0.1) is 5.92 Å². The van der Waals surface area contributed by atoms with Gasteiger partial charge in [0.2, 0.25) is 5.91 Å². The van der Waals surface area contributed by atoms with Gasteiger partial charge >= 0.3 is 0 Å². The van der Waals surface area contributed by atoms with Crippen molar-refractivity contribution in [1.82, 2.24) is 5.32 Å². The molecule has 0 aliphatic rings. The van der Waals surface area contributed by atoms with Gasteiger partial charge in [-0.1, -0.05) is 32.4 Å². The fraction of sp³-hybridized carbons (Fsp3) is 0.562. The number of rotatable bonds is 7. The third-order valence-corrected chi connectivity index (χ3v) is 3.59. The number of nitrogens with one attached hydrogen (secondary N) is 1. The predicted octanol–water partition coefficient (Wildman–Crippen LogP) is 2.64. The van der Waals surface area contributed by atoms with Crippen LogP contribution >= 0.6 is 0 Å². The molecule has 0 bridgehead atoms. The number of amides is 1. The predicted molar refractivity (Wildman–Crippen MR) is 81.6 cm³/mol. The summed E-state index contributed by atoms with van der Waals surface area (Å²) in [6.45, 7) is 8.55. The first kappa shape index (κ1) is 16.5. The molecule has 1 aromatic rings. The van der Waals surface area contributed by atoms with Gasteiger partial charge in [0.1, 0.15) is 5.75 Å². The molecule has 1 amide bonds. The highest BCUT2D eigenvalue weighted by Crippen LogP contribution is 2.19. The maximum atomic E-state index is 12.1. The standard InChI is InChI=1S/C16H26N2O2/c1-5-11(3)15(17)16(19)18-12(4)13-8-7-9-14(10-13)20-6-2/h7-12,15H,5-6,17H2,1-4H3,(H,18,19)/t11-,12+,15-/m0/s1. The Morgan fingerprint density at radius 2 is 2.05 bits per heavy atom. The Bertz CT molecular complexity index is 434. The fourth-order valence-electron chi connectivity index (χ4n) is 1.95. The molecule has 0 spiro atoms. The lowest BCUT2D eigenvalue weighted by Gasteiger charge is -2.21. The second kappa shape index (κ2) is 7.90. The van der Waals surface area contributed by atoms with Crippen LogP contribution in [0.15, 0.2) is 24.3 Å². The lowest BCUT2D eigenvalue weighted by atomic mass is 9.98. The second-order valence-corrected chi connectivity index (χ2v) is 5.15. The largest absolute Gasteiger partial charge is 0.494 e. The zero-order valence-corrected chi connectivity index (χ0v) is 12.8. The zero-order chi connectivity index (χ0) is 15.1. The molecule has 0 unspecified atom stereocenters. The number of hydrogen-bond donors (Lipinski definition) is 2. The van der Waals surface area contributed by atoms with E-state index in [1.54, 1.807) is 0 Å². The highest BCUT2D eigenvalue weighted by Gasteiger charge is 2.21. The Morgan fingerprint density at radius 3 is 2.65 bits per heavy atom. The molecule has 0 saturated carbocycles. The molecule has 4 nitrogen and oxygen atoms in total. The van der Waals surface area contributed by atoms with Crippen molar-refractivity contribution in [3.8, 4) is 5.75 Å². The van der Waals surface area contributed by atoms with E-state index in [9.17, 15) is 4.79 Å². The van der Waals surface area contributed by atoms with E-state index in [0.717, 1.165) is 17.7 Å². The summed E-state index contributed by atoms with van der Waals surface area (Å²) in [5.74, 6) is 0.892. The van der Waals surface area contributed by atoms with Crippen molar-refractivity contribution in [1.29, 1.82) is 0 Å². The van der Waals surface area contributed by atoms with E-state index in [1.165, 1.54) is 0 Å². The number of hydrogen-bond acceptors (Lipinski definition) is 3. The fourth-order valence-corrected chi connectivity index (χ4v) is 1.95. The van der Waals surface area contributed by atoms with E-state index >= 15 is 0 Å². The number of carbonyl (C=O) groups excluding carboxylic acids is 1. The van der Waals surface area contributed by atoms with Crippen molar-refractivity contribution >= 4 is 5.91 Å². The average molecular weight is 278 g/mol. The van der Waals surface area contributed by atoms with Crippen LogP contribution in [0.1, 0.15) is 45.7 Å². The monoisotopic (exact) mass is 278 g/mol. The molecule has 3 N–H and O–H groups in total. The molecule has 0 aliphatic heterocycles. The first-order chi connectivity index (χ1) is 9.49. The van der Waals surface area contributed by atoms with Crippen LogP contribution in [0.2, 0.25) is 0 Å². The highest BCUT2D eigenvalue weighted by atomic mass is 16.5. The third kappa shape index (κ3) is 4.53.